The first-order chi connectivity index (χ1) is 7.29. The fourth-order valence-corrected chi connectivity index (χ4v) is 2.36. The number of quaternary nitrogens is 1. The lowest BCUT2D eigenvalue weighted by molar-refractivity contribution is -0.611. The lowest BCUT2D eigenvalue weighted by Crippen LogP contribution is -2.74. The van der Waals surface area contributed by atoms with E-state index in [1.165, 1.54) is 16.0 Å². The van der Waals surface area contributed by atoms with E-state index in [1.807, 2.05) is 11.5 Å². The summed E-state index contributed by atoms with van der Waals surface area (Å²) >= 11 is 1.74. The molecule has 1 heterocycles. The molecule has 0 unspecified atom stereocenters. The first kappa shape index (κ1) is 10.3. The zero-order valence-corrected chi connectivity index (χ0v) is 9.55. The molecule has 2 nitrogen and oxygen atoms in total. The molecular weight excluding hydrogens is 204 g/mol. The normalized spacial score (nSPS) is 10.5. The number of hydrogen-bond donors (Lipinski definition) is 1. The van der Waals surface area contributed by atoms with Crippen molar-refractivity contribution in [3.05, 3.63) is 48.0 Å². The molecule has 2 N–H and O–H groups in total. The summed E-state index contributed by atoms with van der Waals surface area (Å²) < 4.78 is 0. The van der Waals surface area contributed by atoms with E-state index in [1.54, 1.807) is 11.3 Å². The molecule has 0 radical (unpaired) electrons. The average Bonchev–Trinajstić information content (AvgIpc) is 2.67. The van der Waals surface area contributed by atoms with Gasteiger partial charge in [-0.3, -0.25) is 0 Å². The minimum absolute atomic E-state index is 0.906. The zero-order chi connectivity index (χ0) is 10.7. The van der Waals surface area contributed by atoms with Crippen molar-refractivity contribution < 1.29 is 5.32 Å². The number of benzene rings is 1. The molecule has 0 spiro atoms. The Morgan fingerprint density at radius 3 is 3.07 bits per heavy atom. The van der Waals surface area contributed by atoms with Crippen LogP contribution in [0, 0.1) is 14.0 Å². The largest absolute Gasteiger partial charge is 0.474 e. The lowest BCUT2D eigenvalue weighted by atomic mass is 10.1. The second-order valence-electron chi connectivity index (χ2n) is 3.49. The van der Waals surface area contributed by atoms with Crippen LogP contribution in [0.3, 0.4) is 0 Å². The monoisotopic (exact) mass is 218 g/mol. The van der Waals surface area contributed by atoms with Gasteiger partial charge < -0.3 is 5.32 Å². The van der Waals surface area contributed by atoms with Crippen LogP contribution in [0.2, 0.25) is 0 Å². The van der Waals surface area contributed by atoms with E-state index in [-0.39, 0.29) is 0 Å². The summed E-state index contributed by atoms with van der Waals surface area (Å²) in [6, 6.07) is 8.43. The van der Waals surface area contributed by atoms with E-state index >= 15 is 0 Å². The van der Waals surface area contributed by atoms with Crippen molar-refractivity contribution in [1.82, 2.24) is 4.98 Å². The van der Waals surface area contributed by atoms with Gasteiger partial charge in [-0.25, -0.2) is 4.98 Å². The molecule has 0 bridgehead atoms. The number of rotatable bonds is 3. The number of thiazole rings is 1. The summed E-state index contributed by atoms with van der Waals surface area (Å²) in [5.74, 6) is 0. The van der Waals surface area contributed by atoms with E-state index in [0.29, 0.717) is 0 Å². The lowest BCUT2D eigenvalue weighted by Gasteiger charge is -1.97. The first-order valence-electron chi connectivity index (χ1n) is 4.92. The average molecular weight is 218 g/mol. The molecule has 0 fully saturated rings. The Kier molecular flexibility index (Phi) is 3.14. The van der Waals surface area contributed by atoms with Gasteiger partial charge in [0.15, 0.2) is 0 Å². The predicted octanol–water partition coefficient (Wildman–Crippen LogP) is 1.97. The Hall–Kier alpha value is -1.19. The molecule has 78 valence electrons. The fourth-order valence-electron chi connectivity index (χ4n) is 1.46. The van der Waals surface area contributed by atoms with Crippen molar-refractivity contribution in [3.63, 3.8) is 0 Å². The fraction of sp³-hybridized carbons (Fsp3) is 0.167. The van der Waals surface area contributed by atoms with Crippen molar-refractivity contribution in [2.45, 2.75) is 13.5 Å². The van der Waals surface area contributed by atoms with Gasteiger partial charge in [-0.2, -0.15) is 7.05 Å². The molecule has 2 aromatic rings. The highest BCUT2D eigenvalue weighted by atomic mass is 32.1. The van der Waals surface area contributed by atoms with Crippen LogP contribution in [-0.2, 0) is 6.54 Å². The molecule has 0 saturated carbocycles. The predicted molar refractivity (Wildman–Crippen MR) is 63.3 cm³/mol. The van der Waals surface area contributed by atoms with Crippen molar-refractivity contribution in [2.24, 2.45) is 0 Å². The van der Waals surface area contributed by atoms with E-state index in [9.17, 15) is 0 Å². The quantitative estimate of drug-likeness (QED) is 0.784. The second-order valence-corrected chi connectivity index (χ2v) is 4.61. The summed E-state index contributed by atoms with van der Waals surface area (Å²) in [5, 5.41) is 3.00. The Balaban J connectivity index is 2.29. The van der Waals surface area contributed by atoms with Crippen LogP contribution in [0.4, 0.5) is 0 Å². The van der Waals surface area contributed by atoms with Crippen LogP contribution < -0.4 is 5.32 Å². The smallest absolute Gasteiger partial charge is 0.123 e. The highest BCUT2D eigenvalue weighted by molar-refractivity contribution is 7.15. The third-order valence-electron chi connectivity index (χ3n) is 2.16. The summed E-state index contributed by atoms with van der Waals surface area (Å²) in [7, 11) is 3.73. The Morgan fingerprint density at radius 2 is 2.33 bits per heavy atom. The van der Waals surface area contributed by atoms with Crippen molar-refractivity contribution in [3.8, 4) is 10.6 Å². The van der Waals surface area contributed by atoms with Gasteiger partial charge >= 0.3 is 0 Å². The molecule has 1 aromatic heterocycles. The molecule has 0 aliphatic rings. The van der Waals surface area contributed by atoms with Gasteiger partial charge in [0, 0.05) is 11.8 Å². The third-order valence-corrected chi connectivity index (χ3v) is 3.23. The molecule has 1 aromatic carbocycles. The van der Waals surface area contributed by atoms with Gasteiger partial charge in [0.2, 0.25) is 0 Å². The molecule has 0 atom stereocenters. The molecule has 0 saturated heterocycles. The van der Waals surface area contributed by atoms with Crippen LogP contribution >= 0.6 is 11.3 Å². The topological polar surface area (TPSA) is 29.5 Å². The number of aromatic nitrogens is 1. The Labute approximate surface area is 94.0 Å². The molecular formula is C12H14N2S. The SMILES string of the molecule is [CH2-][NH2+]Cc1cnc(-c2cccc(C)c2)s1. The van der Waals surface area contributed by atoms with Gasteiger partial charge in [-0.15, -0.1) is 11.3 Å². The summed E-state index contributed by atoms with van der Waals surface area (Å²) in [6.07, 6.45) is 1.93. The van der Waals surface area contributed by atoms with Crippen LogP contribution in [0.25, 0.3) is 10.6 Å². The maximum absolute atomic E-state index is 4.42. The second kappa shape index (κ2) is 4.55. The van der Waals surface area contributed by atoms with Gasteiger partial charge in [-0.1, -0.05) is 23.8 Å². The number of aryl methyl sites for hydroxylation is 1. The van der Waals surface area contributed by atoms with Crippen LogP contribution in [0.1, 0.15) is 10.4 Å². The molecule has 0 amide bonds. The highest BCUT2D eigenvalue weighted by Crippen LogP contribution is 2.25. The van der Waals surface area contributed by atoms with Crippen molar-refractivity contribution >= 4 is 11.3 Å². The third kappa shape index (κ3) is 2.43. The molecule has 3 heteroatoms. The van der Waals surface area contributed by atoms with E-state index in [0.717, 1.165) is 11.6 Å². The summed E-state index contributed by atoms with van der Waals surface area (Å²) in [5.41, 5.74) is 2.48. The molecule has 2 rings (SSSR count). The van der Waals surface area contributed by atoms with Gasteiger partial charge in [0.1, 0.15) is 5.01 Å². The van der Waals surface area contributed by atoms with Crippen LogP contribution in [0.15, 0.2) is 30.5 Å². The van der Waals surface area contributed by atoms with Gasteiger partial charge in [0.05, 0.1) is 11.4 Å². The summed E-state index contributed by atoms with van der Waals surface area (Å²) in [4.78, 5) is 5.68. The van der Waals surface area contributed by atoms with Crippen molar-refractivity contribution in [1.29, 1.82) is 0 Å². The maximum atomic E-state index is 4.42. The maximum Gasteiger partial charge on any atom is 0.123 e. The Bertz CT molecular complexity index is 448. The zero-order valence-electron chi connectivity index (χ0n) is 8.73. The molecule has 0 aliphatic carbocycles. The standard InChI is InChI=1S/C12H14N2S/c1-9-4-3-5-10(6-9)12-14-8-11(15-12)7-13-2/h3-6,8H,2,7,13H2,1H3. The first-order valence-corrected chi connectivity index (χ1v) is 5.74. The minimum Gasteiger partial charge on any atom is -0.474 e. The Morgan fingerprint density at radius 1 is 1.47 bits per heavy atom. The number of hydrogen-bond acceptors (Lipinski definition) is 2. The minimum atomic E-state index is 0.906. The van der Waals surface area contributed by atoms with Crippen LogP contribution in [0.5, 0.6) is 0 Å². The van der Waals surface area contributed by atoms with E-state index in [2.05, 4.69) is 43.2 Å². The molecule has 15 heavy (non-hydrogen) atoms. The van der Waals surface area contributed by atoms with Gasteiger partial charge in [-0.05, 0) is 13.0 Å². The van der Waals surface area contributed by atoms with Crippen molar-refractivity contribution in [2.75, 3.05) is 0 Å². The van der Waals surface area contributed by atoms with E-state index in [4.69, 9.17) is 0 Å². The highest BCUT2D eigenvalue weighted by Gasteiger charge is 2.04. The number of nitrogens with zero attached hydrogens (tertiary/aromatic N) is 1. The number of nitrogens with two attached hydrogens (primary N) is 1. The summed E-state index contributed by atoms with van der Waals surface area (Å²) in [6.45, 7) is 3.01. The van der Waals surface area contributed by atoms with E-state index < -0.39 is 0 Å². The molecule has 0 aliphatic heterocycles. The van der Waals surface area contributed by atoms with Crippen LogP contribution in [-0.4, -0.2) is 4.98 Å². The van der Waals surface area contributed by atoms with Gasteiger partial charge in [0.25, 0.3) is 0 Å².